The predicted molar refractivity (Wildman–Crippen MR) is 205 cm³/mol. The van der Waals surface area contributed by atoms with Crippen molar-refractivity contribution in [2.45, 2.75) is 95.3 Å². The summed E-state index contributed by atoms with van der Waals surface area (Å²) in [6, 6.07) is 9.55. The number of nitrogens with one attached hydrogen (secondary N) is 1. The summed E-state index contributed by atoms with van der Waals surface area (Å²) in [6.45, 7) is 10.7. The van der Waals surface area contributed by atoms with E-state index in [9.17, 15) is 26.4 Å². The third-order valence-electron chi connectivity index (χ3n) is 11.2. The SMILES string of the molecule is Cc1c(C(=O)Cl)oc2ccc(S(=O)(=O)N3CCC(C)CC3)cc12.Cc1c(C(=O)NCC2CCCCC2)oc2ccc(S(=O)(=O)N3CCC(C)CC3)cc12. The molecular weight excluding hydrogens is 738 g/mol. The number of fused-ring (bicyclic) bond motifs is 2. The van der Waals surface area contributed by atoms with Gasteiger partial charge in [0.1, 0.15) is 11.2 Å². The minimum atomic E-state index is -3.54. The number of carbonyl (C=O) groups is 2. The maximum Gasteiger partial charge on any atom is 0.288 e. The Morgan fingerprint density at radius 1 is 0.698 bits per heavy atom. The fourth-order valence-corrected chi connectivity index (χ4v) is 10.8. The highest BCUT2D eigenvalue weighted by Crippen LogP contribution is 2.32. The van der Waals surface area contributed by atoms with E-state index < -0.39 is 25.3 Å². The van der Waals surface area contributed by atoms with Crippen LogP contribution in [0.2, 0.25) is 0 Å². The summed E-state index contributed by atoms with van der Waals surface area (Å²) in [5.41, 5.74) is 2.25. The summed E-state index contributed by atoms with van der Waals surface area (Å²) in [5, 5.41) is 3.61. The van der Waals surface area contributed by atoms with Crippen molar-refractivity contribution in [3.63, 3.8) is 0 Å². The Labute approximate surface area is 317 Å². The number of furan rings is 2. The van der Waals surface area contributed by atoms with Crippen molar-refractivity contribution in [2.24, 2.45) is 17.8 Å². The summed E-state index contributed by atoms with van der Waals surface area (Å²) in [7, 11) is -7.07. The molecule has 0 atom stereocenters. The van der Waals surface area contributed by atoms with Crippen LogP contribution in [0, 0.1) is 31.6 Å². The van der Waals surface area contributed by atoms with Gasteiger partial charge in [-0.1, -0.05) is 33.1 Å². The molecule has 1 saturated carbocycles. The predicted octanol–water partition coefficient (Wildman–Crippen LogP) is 8.01. The number of amides is 1. The number of aryl methyl sites for hydroxylation is 2. The molecule has 2 saturated heterocycles. The number of nitrogens with zero attached hydrogens (tertiary/aromatic N) is 2. The Morgan fingerprint density at radius 2 is 1.13 bits per heavy atom. The molecule has 0 unspecified atom stereocenters. The quantitative estimate of drug-likeness (QED) is 0.177. The number of piperidine rings is 2. The van der Waals surface area contributed by atoms with Crippen LogP contribution in [0.1, 0.15) is 104 Å². The first-order valence-corrected chi connectivity index (χ1v) is 22.0. The lowest BCUT2D eigenvalue weighted by Crippen LogP contribution is -2.37. The van der Waals surface area contributed by atoms with Crippen LogP contribution in [-0.4, -0.2) is 69.3 Å². The van der Waals surface area contributed by atoms with Gasteiger partial charge >= 0.3 is 0 Å². The van der Waals surface area contributed by atoms with Crippen LogP contribution in [0.4, 0.5) is 0 Å². The van der Waals surface area contributed by atoms with Gasteiger partial charge in [-0.3, -0.25) is 9.59 Å². The van der Waals surface area contributed by atoms with Crippen molar-refractivity contribution in [1.82, 2.24) is 13.9 Å². The van der Waals surface area contributed by atoms with Crippen molar-refractivity contribution in [3.05, 3.63) is 59.0 Å². The molecular formula is C39H50ClN3O8S2. The molecule has 2 aliphatic heterocycles. The minimum Gasteiger partial charge on any atom is -0.451 e. The van der Waals surface area contributed by atoms with Crippen LogP contribution < -0.4 is 5.32 Å². The van der Waals surface area contributed by atoms with Gasteiger partial charge in [0.2, 0.25) is 20.0 Å². The van der Waals surface area contributed by atoms with Gasteiger partial charge in [0.25, 0.3) is 11.1 Å². The lowest BCUT2D eigenvalue weighted by atomic mass is 9.89. The lowest BCUT2D eigenvalue weighted by Gasteiger charge is -2.29. The molecule has 0 spiro atoms. The molecule has 2 aromatic carbocycles. The van der Waals surface area contributed by atoms with E-state index >= 15 is 0 Å². The smallest absolute Gasteiger partial charge is 0.288 e. The van der Waals surface area contributed by atoms with Gasteiger partial charge in [0, 0.05) is 54.6 Å². The Morgan fingerprint density at radius 3 is 1.58 bits per heavy atom. The number of carbonyl (C=O) groups excluding carboxylic acids is 2. The van der Waals surface area contributed by atoms with E-state index in [0.29, 0.717) is 83.5 Å². The van der Waals surface area contributed by atoms with Crippen molar-refractivity contribution in [3.8, 4) is 0 Å². The highest BCUT2D eigenvalue weighted by Gasteiger charge is 2.31. The average molecular weight is 788 g/mol. The monoisotopic (exact) mass is 787 g/mol. The van der Waals surface area contributed by atoms with Gasteiger partial charge in [-0.25, -0.2) is 16.8 Å². The number of benzene rings is 2. The van der Waals surface area contributed by atoms with Gasteiger partial charge in [-0.2, -0.15) is 8.61 Å². The van der Waals surface area contributed by atoms with Crippen LogP contribution in [-0.2, 0) is 20.0 Å². The molecule has 3 fully saturated rings. The number of halogens is 1. The maximum atomic E-state index is 13.1. The molecule has 7 rings (SSSR count). The van der Waals surface area contributed by atoms with Crippen LogP contribution in [0.5, 0.6) is 0 Å². The van der Waals surface area contributed by atoms with Gasteiger partial charge in [0.05, 0.1) is 9.79 Å². The van der Waals surface area contributed by atoms with E-state index in [0.717, 1.165) is 38.5 Å². The first-order valence-electron chi connectivity index (χ1n) is 18.7. The van der Waals surface area contributed by atoms with E-state index in [1.165, 1.54) is 29.6 Å². The number of hydrogen-bond donors (Lipinski definition) is 1. The van der Waals surface area contributed by atoms with Crippen molar-refractivity contribution in [1.29, 1.82) is 0 Å². The van der Waals surface area contributed by atoms with Crippen molar-refractivity contribution in [2.75, 3.05) is 32.7 Å². The van der Waals surface area contributed by atoms with Crippen LogP contribution in [0.15, 0.2) is 55.0 Å². The molecule has 288 valence electrons. The number of hydrogen-bond acceptors (Lipinski definition) is 8. The summed E-state index contributed by atoms with van der Waals surface area (Å²) in [5.74, 6) is 1.77. The van der Waals surface area contributed by atoms with E-state index in [1.807, 2.05) is 6.92 Å². The Balaban J connectivity index is 0.000000188. The fourth-order valence-electron chi connectivity index (χ4n) is 7.58. The molecule has 11 nitrogen and oxygen atoms in total. The molecule has 1 N–H and O–H groups in total. The van der Waals surface area contributed by atoms with Crippen LogP contribution in [0.25, 0.3) is 21.9 Å². The second-order valence-corrected chi connectivity index (χ2v) is 19.3. The van der Waals surface area contributed by atoms with Gasteiger partial charge in [-0.05, 0) is 118 Å². The topological polar surface area (TPSA) is 147 Å². The van der Waals surface area contributed by atoms with Gasteiger partial charge in [0.15, 0.2) is 11.5 Å². The molecule has 0 bridgehead atoms. The minimum absolute atomic E-state index is 0.0583. The standard InChI is InChI=1S/C23H32N2O4S.C16H18ClNO4S/c1-16-10-12-25(13-11-16)30(27,28)19-8-9-21-20(14-19)17(2)22(29-21)23(26)24-15-18-6-4-3-5-7-18;1-10-5-7-18(8-6-10)23(20,21)12-3-4-14-13(9-12)11(2)15(22-14)16(17)19/h8-9,14,16,18H,3-7,10-13,15H2,1-2H3,(H,24,26);3-4,9-10H,5-8H2,1-2H3. The largest absolute Gasteiger partial charge is 0.451 e. The van der Waals surface area contributed by atoms with Crippen molar-refractivity contribution < 1.29 is 35.3 Å². The van der Waals surface area contributed by atoms with Crippen LogP contribution >= 0.6 is 11.6 Å². The Kier molecular flexibility index (Phi) is 12.1. The number of rotatable bonds is 8. The third-order valence-corrected chi connectivity index (χ3v) is 15.2. The zero-order valence-corrected chi connectivity index (χ0v) is 33.3. The zero-order chi connectivity index (χ0) is 38.1. The third kappa shape index (κ3) is 8.54. The van der Waals surface area contributed by atoms with E-state index in [-0.39, 0.29) is 27.2 Å². The molecule has 2 aromatic heterocycles. The summed E-state index contributed by atoms with van der Waals surface area (Å²) < 4.78 is 66.1. The normalized spacial score (nSPS) is 19.0. The zero-order valence-electron chi connectivity index (χ0n) is 31.0. The average Bonchev–Trinajstić information content (AvgIpc) is 3.67. The molecule has 1 amide bonds. The molecule has 1 aliphatic carbocycles. The van der Waals surface area contributed by atoms with E-state index in [1.54, 1.807) is 41.6 Å². The molecule has 14 heteroatoms. The van der Waals surface area contributed by atoms with Crippen molar-refractivity contribution >= 4 is 64.7 Å². The summed E-state index contributed by atoms with van der Waals surface area (Å²) in [4.78, 5) is 24.5. The Hall–Kier alpha value is -3.23. The molecule has 0 radical (unpaired) electrons. The van der Waals surface area contributed by atoms with Gasteiger partial charge < -0.3 is 14.2 Å². The Bertz CT molecular complexity index is 2190. The van der Waals surface area contributed by atoms with Gasteiger partial charge in [-0.15, -0.1) is 0 Å². The lowest BCUT2D eigenvalue weighted by molar-refractivity contribution is 0.0916. The summed E-state index contributed by atoms with van der Waals surface area (Å²) in [6.07, 6.45) is 9.60. The first kappa shape index (κ1) is 39.5. The maximum absolute atomic E-state index is 13.1. The first-order chi connectivity index (χ1) is 25.2. The van der Waals surface area contributed by atoms with E-state index in [4.69, 9.17) is 20.4 Å². The molecule has 3 aliphatic rings. The second-order valence-electron chi connectivity index (χ2n) is 15.1. The number of sulfonamides is 2. The fraction of sp³-hybridized carbons (Fsp3) is 0.538. The summed E-state index contributed by atoms with van der Waals surface area (Å²) >= 11 is 5.49. The highest BCUT2D eigenvalue weighted by atomic mass is 35.5. The molecule has 4 heterocycles. The molecule has 4 aromatic rings. The highest BCUT2D eigenvalue weighted by molar-refractivity contribution is 7.89. The van der Waals surface area contributed by atoms with Crippen LogP contribution in [0.3, 0.4) is 0 Å². The van der Waals surface area contributed by atoms with E-state index in [2.05, 4.69) is 19.2 Å². The second kappa shape index (κ2) is 16.2. The molecule has 53 heavy (non-hydrogen) atoms.